The Morgan fingerprint density at radius 1 is 1.12 bits per heavy atom. The van der Waals surface area contributed by atoms with Crippen molar-refractivity contribution < 1.29 is 24.2 Å². The van der Waals surface area contributed by atoms with Gasteiger partial charge in [0.05, 0.1) is 28.1 Å². The van der Waals surface area contributed by atoms with E-state index in [4.69, 9.17) is 4.74 Å². The average Bonchev–Trinajstić information content (AvgIpc) is 2.53. The Morgan fingerprint density at radius 3 is 2.08 bits per heavy atom. The van der Waals surface area contributed by atoms with Gasteiger partial charge in [0.1, 0.15) is 6.04 Å². The molecule has 0 radical (unpaired) electrons. The summed E-state index contributed by atoms with van der Waals surface area (Å²) < 4.78 is 4.85. The number of benzene rings is 1. The van der Waals surface area contributed by atoms with Crippen LogP contribution in [0.5, 0.6) is 0 Å². The van der Waals surface area contributed by atoms with E-state index in [2.05, 4.69) is 5.32 Å². The summed E-state index contributed by atoms with van der Waals surface area (Å²) in [4.78, 5) is 44.0. The maximum Gasteiger partial charge on any atom is 0.328 e. The number of amides is 1. The van der Waals surface area contributed by atoms with Gasteiger partial charge in [-0.05, 0) is 13.3 Å². The first-order valence-electron chi connectivity index (χ1n) is 7.21. The second kappa shape index (κ2) is 8.56. The van der Waals surface area contributed by atoms with E-state index < -0.39 is 39.1 Å². The van der Waals surface area contributed by atoms with Crippen molar-refractivity contribution in [3.05, 3.63) is 44.0 Å². The van der Waals surface area contributed by atoms with Gasteiger partial charge in [0.25, 0.3) is 17.3 Å². The number of nitrogens with one attached hydrogen (secondary N) is 1. The molecule has 0 heterocycles. The second-order valence-corrected chi connectivity index (χ2v) is 4.82. The Hall–Kier alpha value is -3.04. The third kappa shape index (κ3) is 5.00. The van der Waals surface area contributed by atoms with Crippen LogP contribution < -0.4 is 5.32 Å². The molecule has 1 atom stereocenters. The summed E-state index contributed by atoms with van der Waals surface area (Å²) in [6.45, 7) is 3.56. The average molecular weight is 339 g/mol. The molecule has 0 aliphatic carbocycles. The van der Waals surface area contributed by atoms with E-state index in [-0.39, 0.29) is 12.2 Å². The van der Waals surface area contributed by atoms with E-state index in [1.807, 2.05) is 0 Å². The molecule has 0 aromatic heterocycles. The molecule has 1 rings (SSSR count). The van der Waals surface area contributed by atoms with Gasteiger partial charge in [-0.3, -0.25) is 25.0 Å². The molecule has 0 spiro atoms. The SMILES string of the molecule is CCC[C@@H](NC(=O)c1cc([N+](=O)[O-])cc([N+](=O)[O-])c1)C(=O)OCC. The molecular formula is C14H17N3O7. The predicted molar refractivity (Wildman–Crippen MR) is 82.5 cm³/mol. The number of ether oxygens (including phenoxy) is 1. The van der Waals surface area contributed by atoms with Crippen molar-refractivity contribution in [3.8, 4) is 0 Å². The number of carbonyl (C=O) groups is 2. The Morgan fingerprint density at radius 2 is 1.67 bits per heavy atom. The van der Waals surface area contributed by atoms with Crippen LogP contribution in [-0.4, -0.2) is 34.4 Å². The first-order valence-corrected chi connectivity index (χ1v) is 7.21. The molecule has 10 heteroatoms. The fourth-order valence-electron chi connectivity index (χ4n) is 1.96. The lowest BCUT2D eigenvalue weighted by Crippen LogP contribution is -2.41. The van der Waals surface area contributed by atoms with Gasteiger partial charge in [-0.1, -0.05) is 13.3 Å². The van der Waals surface area contributed by atoms with Gasteiger partial charge >= 0.3 is 5.97 Å². The fraction of sp³-hybridized carbons (Fsp3) is 0.429. The lowest BCUT2D eigenvalue weighted by Gasteiger charge is -2.16. The standard InChI is InChI=1S/C14H17N3O7/c1-3-5-12(14(19)24-4-2)15-13(18)9-6-10(16(20)21)8-11(7-9)17(22)23/h6-8,12H,3-5H2,1-2H3,(H,15,18)/t12-/m1/s1. The first kappa shape index (κ1) is 19.0. The number of hydrogen-bond donors (Lipinski definition) is 1. The number of non-ortho nitro benzene ring substituents is 2. The zero-order valence-electron chi connectivity index (χ0n) is 13.2. The first-order chi connectivity index (χ1) is 11.3. The molecule has 1 amide bonds. The molecular weight excluding hydrogens is 322 g/mol. The quantitative estimate of drug-likeness (QED) is 0.433. The van der Waals surface area contributed by atoms with Crippen LogP contribution in [0.4, 0.5) is 11.4 Å². The number of nitro benzene ring substituents is 2. The molecule has 10 nitrogen and oxygen atoms in total. The van der Waals surface area contributed by atoms with Gasteiger partial charge in [-0.2, -0.15) is 0 Å². The number of esters is 1. The highest BCUT2D eigenvalue weighted by Gasteiger charge is 2.25. The van der Waals surface area contributed by atoms with Crippen molar-refractivity contribution in [1.82, 2.24) is 5.32 Å². The molecule has 0 unspecified atom stereocenters. The topological polar surface area (TPSA) is 142 Å². The highest BCUT2D eigenvalue weighted by Crippen LogP contribution is 2.22. The van der Waals surface area contributed by atoms with Crippen LogP contribution in [0.1, 0.15) is 37.0 Å². The van der Waals surface area contributed by atoms with Crippen LogP contribution in [0.2, 0.25) is 0 Å². The van der Waals surface area contributed by atoms with Gasteiger partial charge in [0, 0.05) is 12.1 Å². The van der Waals surface area contributed by atoms with Gasteiger partial charge in [0.15, 0.2) is 0 Å². The molecule has 0 aliphatic rings. The van der Waals surface area contributed by atoms with E-state index in [0.717, 1.165) is 18.2 Å². The summed E-state index contributed by atoms with van der Waals surface area (Å²) in [5, 5.41) is 24.1. The molecule has 1 aromatic carbocycles. The number of rotatable bonds is 8. The minimum atomic E-state index is -0.930. The van der Waals surface area contributed by atoms with Crippen molar-refractivity contribution in [2.45, 2.75) is 32.7 Å². The monoisotopic (exact) mass is 339 g/mol. The van der Waals surface area contributed by atoms with Gasteiger partial charge in [-0.25, -0.2) is 4.79 Å². The van der Waals surface area contributed by atoms with E-state index >= 15 is 0 Å². The summed E-state index contributed by atoms with van der Waals surface area (Å²) >= 11 is 0. The van der Waals surface area contributed by atoms with Gasteiger partial charge in [-0.15, -0.1) is 0 Å². The molecule has 130 valence electrons. The summed E-state index contributed by atoms with van der Waals surface area (Å²) in [5.41, 5.74) is -1.45. The lowest BCUT2D eigenvalue weighted by molar-refractivity contribution is -0.394. The van der Waals surface area contributed by atoms with Crippen molar-refractivity contribution >= 4 is 23.3 Å². The lowest BCUT2D eigenvalue weighted by atomic mass is 10.1. The largest absolute Gasteiger partial charge is 0.464 e. The van der Waals surface area contributed by atoms with Crippen molar-refractivity contribution in [3.63, 3.8) is 0 Å². The van der Waals surface area contributed by atoms with Crippen LogP contribution in [-0.2, 0) is 9.53 Å². The summed E-state index contributed by atoms with van der Waals surface area (Å²) in [5.74, 6) is -1.46. The summed E-state index contributed by atoms with van der Waals surface area (Å²) in [6.07, 6.45) is 0.889. The Balaban J connectivity index is 3.10. The minimum absolute atomic E-state index is 0.136. The van der Waals surface area contributed by atoms with E-state index in [1.54, 1.807) is 13.8 Å². The molecule has 1 N–H and O–H groups in total. The van der Waals surface area contributed by atoms with Crippen LogP contribution in [0, 0.1) is 20.2 Å². The second-order valence-electron chi connectivity index (χ2n) is 4.82. The molecule has 0 aliphatic heterocycles. The fourth-order valence-corrected chi connectivity index (χ4v) is 1.96. The number of carbonyl (C=O) groups excluding carboxylic acids is 2. The van der Waals surface area contributed by atoms with Crippen molar-refractivity contribution in [2.24, 2.45) is 0 Å². The van der Waals surface area contributed by atoms with Gasteiger partial charge < -0.3 is 10.1 Å². The molecule has 0 fully saturated rings. The third-order valence-electron chi connectivity index (χ3n) is 3.04. The summed E-state index contributed by atoms with van der Waals surface area (Å²) in [6, 6.07) is 1.65. The number of nitrogens with zero attached hydrogens (tertiary/aromatic N) is 2. The smallest absolute Gasteiger partial charge is 0.328 e. The van der Waals surface area contributed by atoms with E-state index in [1.165, 1.54) is 0 Å². The molecule has 24 heavy (non-hydrogen) atoms. The highest BCUT2D eigenvalue weighted by molar-refractivity contribution is 5.97. The van der Waals surface area contributed by atoms with E-state index in [9.17, 15) is 29.8 Å². The van der Waals surface area contributed by atoms with Crippen LogP contribution in [0.25, 0.3) is 0 Å². The Bertz CT molecular complexity index is 628. The Labute approximate surface area is 137 Å². The van der Waals surface area contributed by atoms with Crippen LogP contribution in [0.15, 0.2) is 18.2 Å². The van der Waals surface area contributed by atoms with Crippen LogP contribution in [0.3, 0.4) is 0 Å². The normalized spacial score (nSPS) is 11.4. The third-order valence-corrected chi connectivity index (χ3v) is 3.04. The molecule has 0 bridgehead atoms. The van der Waals surface area contributed by atoms with Crippen molar-refractivity contribution in [1.29, 1.82) is 0 Å². The highest BCUT2D eigenvalue weighted by atomic mass is 16.6. The number of nitro groups is 2. The maximum absolute atomic E-state index is 12.2. The number of hydrogen-bond acceptors (Lipinski definition) is 7. The van der Waals surface area contributed by atoms with E-state index in [0.29, 0.717) is 12.8 Å². The van der Waals surface area contributed by atoms with Crippen molar-refractivity contribution in [2.75, 3.05) is 6.61 Å². The zero-order chi connectivity index (χ0) is 18.3. The molecule has 0 saturated heterocycles. The van der Waals surface area contributed by atoms with Gasteiger partial charge in [0.2, 0.25) is 0 Å². The minimum Gasteiger partial charge on any atom is -0.464 e. The maximum atomic E-state index is 12.2. The van der Waals surface area contributed by atoms with Crippen LogP contribution >= 0.6 is 0 Å². The zero-order valence-corrected chi connectivity index (χ0v) is 13.2. The molecule has 0 saturated carbocycles. The predicted octanol–water partition coefficient (Wildman–Crippen LogP) is 1.96. The Kier molecular flexibility index (Phi) is 6.78. The summed E-state index contributed by atoms with van der Waals surface area (Å²) in [7, 11) is 0. The molecule has 1 aromatic rings.